The van der Waals surface area contributed by atoms with Gasteiger partial charge in [-0.25, -0.2) is 18.4 Å². The molecule has 11 heteroatoms. The minimum absolute atomic E-state index is 0.0663. The molecule has 0 saturated carbocycles. The Kier molecular flexibility index (Phi) is 6.62. The number of hydrogen-bond donors (Lipinski definition) is 2. The fourth-order valence-corrected chi connectivity index (χ4v) is 6.40. The summed E-state index contributed by atoms with van der Waals surface area (Å²) in [5.74, 6) is -0.301. The van der Waals surface area contributed by atoms with E-state index in [0.717, 1.165) is 39.9 Å². The lowest BCUT2D eigenvalue weighted by Crippen LogP contribution is -2.15. The molecule has 0 saturated heterocycles. The van der Waals surface area contributed by atoms with Gasteiger partial charge in [0.05, 0.1) is 15.7 Å². The molecule has 29 heavy (non-hydrogen) atoms. The number of aromatic nitrogens is 2. The molecule has 0 aliphatic carbocycles. The molecular weight excluding hydrogens is 496 g/mol. The van der Waals surface area contributed by atoms with Gasteiger partial charge in [0.25, 0.3) is 0 Å². The third-order valence-corrected chi connectivity index (χ3v) is 8.61. The molecule has 0 spiro atoms. The first-order valence-corrected chi connectivity index (χ1v) is 12.4. The third kappa shape index (κ3) is 5.16. The van der Waals surface area contributed by atoms with Crippen molar-refractivity contribution in [2.24, 2.45) is 0 Å². The van der Waals surface area contributed by atoms with Crippen LogP contribution in [0.3, 0.4) is 0 Å². The molecule has 7 nitrogen and oxygen atoms in total. The van der Waals surface area contributed by atoms with Crippen molar-refractivity contribution in [3.63, 3.8) is 0 Å². The Morgan fingerprint density at radius 2 is 2.03 bits per heavy atom. The number of rotatable bonds is 6. The van der Waals surface area contributed by atoms with Gasteiger partial charge < -0.3 is 11.1 Å². The topological polar surface area (TPSA) is 115 Å². The van der Waals surface area contributed by atoms with Crippen LogP contribution in [-0.4, -0.2) is 30.0 Å². The van der Waals surface area contributed by atoms with Crippen LogP contribution in [0.1, 0.15) is 11.1 Å². The summed E-state index contributed by atoms with van der Waals surface area (Å²) >= 11 is 5.40. The third-order valence-electron chi connectivity index (χ3n) is 3.86. The van der Waals surface area contributed by atoms with Crippen LogP contribution in [0.2, 0.25) is 0 Å². The summed E-state index contributed by atoms with van der Waals surface area (Å²) in [4.78, 5) is 20.2. The number of hydrogen-bond acceptors (Lipinski definition) is 8. The molecule has 0 bridgehead atoms. The number of halogens is 1. The maximum atomic E-state index is 12.7. The van der Waals surface area contributed by atoms with E-state index in [1.807, 2.05) is 32.0 Å². The second kappa shape index (κ2) is 8.82. The van der Waals surface area contributed by atoms with Gasteiger partial charge in [0, 0.05) is 5.69 Å². The lowest BCUT2D eigenvalue weighted by atomic mass is 10.1. The highest BCUT2D eigenvalue weighted by atomic mass is 79.9. The van der Waals surface area contributed by atoms with Crippen molar-refractivity contribution in [3.8, 4) is 0 Å². The summed E-state index contributed by atoms with van der Waals surface area (Å²) in [6, 6.07) is 8.94. The van der Waals surface area contributed by atoms with Gasteiger partial charge in [-0.2, -0.15) is 0 Å². The average molecular weight is 513 g/mol. The van der Waals surface area contributed by atoms with E-state index in [1.165, 1.54) is 12.3 Å². The van der Waals surface area contributed by atoms with E-state index < -0.39 is 9.84 Å². The Bertz CT molecular complexity index is 1180. The van der Waals surface area contributed by atoms with E-state index in [4.69, 9.17) is 5.73 Å². The summed E-state index contributed by atoms with van der Waals surface area (Å²) in [6.45, 7) is 3.86. The number of nitrogen functional groups attached to an aromatic ring is 1. The molecule has 0 aliphatic heterocycles. The summed E-state index contributed by atoms with van der Waals surface area (Å²) in [5.41, 5.74) is 8.62. The first-order valence-electron chi connectivity index (χ1n) is 8.29. The summed E-state index contributed by atoms with van der Waals surface area (Å²) in [5, 5.41) is 3.08. The standard InChI is InChI=1S/C18H17BrN4O3S3/c1-10-3-4-11(2)12(7-10)22-15(24)9-27-18-21-8-13(17(20)23-18)29(25,26)16-6-5-14(19)28-16/h3-8H,9H2,1-2H3,(H,22,24)(H2,20,21,23). The van der Waals surface area contributed by atoms with Crippen molar-refractivity contribution < 1.29 is 13.2 Å². The average Bonchev–Trinajstić information content (AvgIpc) is 3.10. The minimum Gasteiger partial charge on any atom is -0.382 e. The molecule has 152 valence electrons. The van der Waals surface area contributed by atoms with Gasteiger partial charge in [-0.15, -0.1) is 11.3 Å². The first kappa shape index (κ1) is 21.8. The Labute approximate surface area is 185 Å². The highest BCUT2D eigenvalue weighted by Crippen LogP contribution is 2.32. The number of amides is 1. The maximum absolute atomic E-state index is 12.7. The van der Waals surface area contributed by atoms with E-state index in [9.17, 15) is 13.2 Å². The predicted molar refractivity (Wildman–Crippen MR) is 119 cm³/mol. The highest BCUT2D eigenvalue weighted by Gasteiger charge is 2.24. The van der Waals surface area contributed by atoms with Crippen molar-refractivity contribution in [3.05, 3.63) is 51.4 Å². The molecule has 0 atom stereocenters. The summed E-state index contributed by atoms with van der Waals surface area (Å²) in [6.07, 6.45) is 1.18. The normalized spacial score (nSPS) is 11.4. The van der Waals surface area contributed by atoms with Gasteiger partial charge in [-0.05, 0) is 59.1 Å². The molecule has 0 aliphatic rings. The van der Waals surface area contributed by atoms with Gasteiger partial charge >= 0.3 is 0 Å². The van der Waals surface area contributed by atoms with Crippen LogP contribution in [0.4, 0.5) is 11.5 Å². The second-order valence-electron chi connectivity index (χ2n) is 6.12. The van der Waals surface area contributed by atoms with Crippen molar-refractivity contribution in [2.45, 2.75) is 28.1 Å². The summed E-state index contributed by atoms with van der Waals surface area (Å²) < 4.78 is 26.2. The molecule has 0 fully saturated rings. The maximum Gasteiger partial charge on any atom is 0.234 e. The molecule has 1 amide bonds. The quantitative estimate of drug-likeness (QED) is 0.377. The van der Waals surface area contributed by atoms with E-state index in [1.54, 1.807) is 6.07 Å². The minimum atomic E-state index is -3.80. The monoisotopic (exact) mass is 512 g/mol. The van der Waals surface area contributed by atoms with Crippen molar-refractivity contribution >= 4 is 66.3 Å². The van der Waals surface area contributed by atoms with Gasteiger partial charge in [-0.3, -0.25) is 4.79 Å². The van der Waals surface area contributed by atoms with E-state index in [-0.39, 0.29) is 31.7 Å². The smallest absolute Gasteiger partial charge is 0.234 e. The van der Waals surface area contributed by atoms with Crippen LogP contribution in [0.15, 0.2) is 54.6 Å². The number of anilines is 2. The highest BCUT2D eigenvalue weighted by molar-refractivity contribution is 9.11. The fraction of sp³-hybridized carbons (Fsp3) is 0.167. The molecule has 0 unspecified atom stereocenters. The number of benzene rings is 1. The fourth-order valence-electron chi connectivity index (χ4n) is 2.38. The van der Waals surface area contributed by atoms with E-state index in [0.29, 0.717) is 3.79 Å². The zero-order valence-electron chi connectivity index (χ0n) is 15.5. The number of thiophene rings is 1. The Morgan fingerprint density at radius 3 is 2.69 bits per heavy atom. The van der Waals surface area contributed by atoms with Crippen LogP contribution < -0.4 is 11.1 Å². The number of sulfone groups is 1. The molecule has 3 aromatic rings. The second-order valence-corrected chi connectivity index (χ2v) is 11.7. The molecular formula is C18H17BrN4O3S3. The van der Waals surface area contributed by atoms with Crippen LogP contribution in [0, 0.1) is 13.8 Å². The lowest BCUT2D eigenvalue weighted by Gasteiger charge is -2.09. The van der Waals surface area contributed by atoms with Gasteiger partial charge in [0.2, 0.25) is 15.7 Å². The van der Waals surface area contributed by atoms with Crippen molar-refractivity contribution in [2.75, 3.05) is 16.8 Å². The number of carbonyl (C=O) groups excluding carboxylic acids is 1. The van der Waals surface area contributed by atoms with Crippen molar-refractivity contribution in [1.82, 2.24) is 9.97 Å². The lowest BCUT2D eigenvalue weighted by molar-refractivity contribution is -0.113. The number of aryl methyl sites for hydroxylation is 2. The van der Waals surface area contributed by atoms with Crippen molar-refractivity contribution in [1.29, 1.82) is 0 Å². The molecule has 2 heterocycles. The van der Waals surface area contributed by atoms with E-state index >= 15 is 0 Å². The van der Waals surface area contributed by atoms with Gasteiger partial charge in [0.15, 0.2) is 5.16 Å². The molecule has 2 aromatic heterocycles. The molecule has 3 rings (SSSR count). The zero-order valence-corrected chi connectivity index (χ0v) is 19.5. The number of nitrogens with zero attached hydrogens (tertiary/aromatic N) is 2. The molecule has 1 aromatic carbocycles. The molecule has 0 radical (unpaired) electrons. The van der Waals surface area contributed by atoms with Gasteiger partial charge in [-0.1, -0.05) is 23.9 Å². The SMILES string of the molecule is Cc1ccc(C)c(NC(=O)CSc2ncc(S(=O)(=O)c3ccc(Br)s3)c(N)n2)c1. The van der Waals surface area contributed by atoms with Gasteiger partial charge in [0.1, 0.15) is 14.9 Å². The van der Waals surface area contributed by atoms with Crippen LogP contribution in [0.5, 0.6) is 0 Å². The van der Waals surface area contributed by atoms with E-state index in [2.05, 4.69) is 31.2 Å². The summed E-state index contributed by atoms with van der Waals surface area (Å²) in [7, 11) is -3.80. The number of nitrogens with two attached hydrogens (primary N) is 1. The molecule has 3 N–H and O–H groups in total. The number of thioether (sulfide) groups is 1. The predicted octanol–water partition coefficient (Wildman–Crippen LogP) is 4.06. The first-order chi connectivity index (χ1) is 13.7. The largest absolute Gasteiger partial charge is 0.382 e. The van der Waals surface area contributed by atoms with Crippen LogP contribution >= 0.6 is 39.0 Å². The Hall–Kier alpha value is -1.95. The number of carbonyl (C=O) groups is 1. The number of nitrogens with one attached hydrogen (secondary N) is 1. The Balaban J connectivity index is 1.69. The van der Waals surface area contributed by atoms with Crippen LogP contribution in [-0.2, 0) is 14.6 Å². The Morgan fingerprint density at radius 1 is 1.28 bits per heavy atom. The van der Waals surface area contributed by atoms with Crippen LogP contribution in [0.25, 0.3) is 0 Å². The zero-order chi connectivity index (χ0) is 21.2.